The Labute approximate surface area is 155 Å². The number of esters is 3. The van der Waals surface area contributed by atoms with Gasteiger partial charge in [-0.05, 0) is 11.6 Å². The molecule has 27 heavy (non-hydrogen) atoms. The van der Waals surface area contributed by atoms with E-state index in [0.29, 0.717) is 36.3 Å². The summed E-state index contributed by atoms with van der Waals surface area (Å²) in [7, 11) is 0. The molecule has 0 amide bonds. The SMILES string of the molecule is CC(=O)OC1=C2CC(=O)CCN2Cc2cc(OC(C)=O)cc(OC(C)=O)c21. The highest BCUT2D eigenvalue weighted by Gasteiger charge is 2.34. The fourth-order valence-corrected chi connectivity index (χ4v) is 3.27. The second-order valence-electron chi connectivity index (χ2n) is 6.40. The van der Waals surface area contributed by atoms with Gasteiger partial charge in [0.25, 0.3) is 0 Å². The van der Waals surface area contributed by atoms with Crippen molar-refractivity contribution in [2.45, 2.75) is 40.2 Å². The van der Waals surface area contributed by atoms with Crippen LogP contribution in [0.2, 0.25) is 0 Å². The summed E-state index contributed by atoms with van der Waals surface area (Å²) in [5.74, 6) is -1.08. The first kappa shape index (κ1) is 18.6. The molecule has 0 saturated carbocycles. The van der Waals surface area contributed by atoms with Crippen LogP contribution in [0.5, 0.6) is 11.5 Å². The highest BCUT2D eigenvalue weighted by atomic mass is 16.6. The molecule has 0 spiro atoms. The van der Waals surface area contributed by atoms with Gasteiger partial charge in [-0.2, -0.15) is 0 Å². The van der Waals surface area contributed by atoms with Gasteiger partial charge in [0.2, 0.25) is 0 Å². The van der Waals surface area contributed by atoms with E-state index in [1.807, 2.05) is 4.90 Å². The molecule has 1 fully saturated rings. The van der Waals surface area contributed by atoms with E-state index in [-0.39, 0.29) is 29.5 Å². The second kappa shape index (κ2) is 7.22. The quantitative estimate of drug-likeness (QED) is 0.586. The maximum atomic E-state index is 12.0. The molecule has 2 aliphatic rings. The Hall–Kier alpha value is -3.16. The first-order valence-electron chi connectivity index (χ1n) is 8.47. The monoisotopic (exact) mass is 373 g/mol. The molecular formula is C19H19NO7. The highest BCUT2D eigenvalue weighted by molar-refractivity contribution is 5.89. The summed E-state index contributed by atoms with van der Waals surface area (Å²) in [6.45, 7) is 4.66. The zero-order chi connectivity index (χ0) is 19.7. The minimum Gasteiger partial charge on any atom is -0.427 e. The predicted octanol–water partition coefficient (Wildman–Crippen LogP) is 1.95. The normalized spacial score (nSPS) is 15.7. The van der Waals surface area contributed by atoms with Gasteiger partial charge in [-0.15, -0.1) is 0 Å². The van der Waals surface area contributed by atoms with Crippen LogP contribution in [0.3, 0.4) is 0 Å². The summed E-state index contributed by atoms with van der Waals surface area (Å²) in [6.07, 6.45) is 0.528. The number of piperidine rings is 1. The zero-order valence-electron chi connectivity index (χ0n) is 15.3. The number of rotatable bonds is 3. The van der Waals surface area contributed by atoms with E-state index in [9.17, 15) is 19.2 Å². The first-order valence-corrected chi connectivity index (χ1v) is 8.47. The van der Waals surface area contributed by atoms with E-state index < -0.39 is 17.9 Å². The van der Waals surface area contributed by atoms with Crippen molar-refractivity contribution < 1.29 is 33.4 Å². The number of hydrogen-bond donors (Lipinski definition) is 0. The van der Waals surface area contributed by atoms with Crippen molar-refractivity contribution in [1.29, 1.82) is 0 Å². The lowest BCUT2D eigenvalue weighted by Crippen LogP contribution is -2.36. The van der Waals surface area contributed by atoms with Crippen molar-refractivity contribution in [2.24, 2.45) is 0 Å². The second-order valence-corrected chi connectivity index (χ2v) is 6.40. The minimum atomic E-state index is -0.577. The van der Waals surface area contributed by atoms with Crippen LogP contribution in [-0.2, 0) is 30.5 Å². The van der Waals surface area contributed by atoms with E-state index >= 15 is 0 Å². The third kappa shape index (κ3) is 3.99. The maximum absolute atomic E-state index is 12.0. The van der Waals surface area contributed by atoms with Crippen LogP contribution >= 0.6 is 0 Å². The molecule has 0 bridgehead atoms. The average Bonchev–Trinajstić information content (AvgIpc) is 2.53. The molecule has 0 unspecified atom stereocenters. The molecule has 0 aromatic heterocycles. The number of fused-ring (bicyclic) bond motifs is 2. The van der Waals surface area contributed by atoms with Crippen molar-refractivity contribution in [3.05, 3.63) is 29.0 Å². The van der Waals surface area contributed by atoms with Crippen LogP contribution in [0.4, 0.5) is 0 Å². The van der Waals surface area contributed by atoms with E-state index in [1.165, 1.54) is 26.8 Å². The van der Waals surface area contributed by atoms with Gasteiger partial charge < -0.3 is 19.1 Å². The Bertz CT molecular complexity index is 884. The molecule has 8 nitrogen and oxygen atoms in total. The van der Waals surface area contributed by atoms with E-state index in [2.05, 4.69) is 0 Å². The highest BCUT2D eigenvalue weighted by Crippen LogP contribution is 2.43. The number of ketones is 1. The summed E-state index contributed by atoms with van der Waals surface area (Å²) >= 11 is 0. The largest absolute Gasteiger partial charge is 0.427 e. The molecule has 2 heterocycles. The van der Waals surface area contributed by atoms with E-state index in [1.54, 1.807) is 6.07 Å². The van der Waals surface area contributed by atoms with Gasteiger partial charge >= 0.3 is 17.9 Å². The number of benzene rings is 1. The number of ether oxygens (including phenoxy) is 3. The van der Waals surface area contributed by atoms with Gasteiger partial charge in [0.05, 0.1) is 17.7 Å². The number of allylic oxidation sites excluding steroid dienone is 1. The molecule has 0 atom stereocenters. The molecule has 8 heteroatoms. The lowest BCUT2D eigenvalue weighted by atomic mass is 9.93. The van der Waals surface area contributed by atoms with Crippen LogP contribution in [0.25, 0.3) is 5.76 Å². The molecule has 3 rings (SSSR count). The third-order valence-corrected chi connectivity index (χ3v) is 4.18. The smallest absolute Gasteiger partial charge is 0.308 e. The van der Waals surface area contributed by atoms with Crippen LogP contribution in [-0.4, -0.2) is 35.1 Å². The van der Waals surface area contributed by atoms with Gasteiger partial charge in [0.15, 0.2) is 5.76 Å². The fourth-order valence-electron chi connectivity index (χ4n) is 3.27. The summed E-state index contributed by atoms with van der Waals surface area (Å²) in [5, 5.41) is 0. The Morgan fingerprint density at radius 2 is 1.63 bits per heavy atom. The fraction of sp³-hybridized carbons (Fsp3) is 0.368. The number of hydrogen-bond acceptors (Lipinski definition) is 8. The third-order valence-electron chi connectivity index (χ3n) is 4.18. The van der Waals surface area contributed by atoms with Gasteiger partial charge in [0, 0.05) is 46.3 Å². The molecule has 1 saturated heterocycles. The van der Waals surface area contributed by atoms with Crippen molar-refractivity contribution in [2.75, 3.05) is 6.54 Å². The molecule has 0 N–H and O–H groups in total. The standard InChI is InChI=1S/C19H19NO7/c1-10(21)25-15-6-13-9-20-5-4-14(24)7-16(20)19(27-12(3)23)18(13)17(8-15)26-11(2)22/h6,8H,4-5,7,9H2,1-3H3. The number of Topliss-reactive ketones (excluding diaryl/α,β-unsaturated/α-hetero) is 1. The molecule has 142 valence electrons. The summed E-state index contributed by atoms with van der Waals surface area (Å²) in [6, 6.07) is 3.03. The Morgan fingerprint density at radius 3 is 2.26 bits per heavy atom. The average molecular weight is 373 g/mol. The van der Waals surface area contributed by atoms with Crippen LogP contribution in [0, 0.1) is 0 Å². The molecule has 0 radical (unpaired) electrons. The summed E-state index contributed by atoms with van der Waals surface area (Å²) in [4.78, 5) is 48.5. The minimum absolute atomic E-state index is 0.0416. The molecule has 0 aliphatic carbocycles. The Balaban J connectivity index is 2.21. The van der Waals surface area contributed by atoms with Gasteiger partial charge in [-0.3, -0.25) is 19.2 Å². The van der Waals surface area contributed by atoms with Gasteiger partial charge in [-0.1, -0.05) is 0 Å². The van der Waals surface area contributed by atoms with Gasteiger partial charge in [-0.25, -0.2) is 0 Å². The predicted molar refractivity (Wildman–Crippen MR) is 92.4 cm³/mol. The number of nitrogens with zero attached hydrogens (tertiary/aromatic N) is 1. The number of carbonyl (C=O) groups excluding carboxylic acids is 4. The van der Waals surface area contributed by atoms with Crippen LogP contribution in [0.1, 0.15) is 44.7 Å². The Morgan fingerprint density at radius 1 is 0.963 bits per heavy atom. The summed E-state index contributed by atoms with van der Waals surface area (Å²) < 4.78 is 15.9. The summed E-state index contributed by atoms with van der Waals surface area (Å²) in [5.41, 5.74) is 1.67. The van der Waals surface area contributed by atoms with E-state index in [0.717, 1.165) is 0 Å². The van der Waals surface area contributed by atoms with E-state index in [4.69, 9.17) is 14.2 Å². The van der Waals surface area contributed by atoms with Crippen LogP contribution < -0.4 is 9.47 Å². The van der Waals surface area contributed by atoms with Crippen molar-refractivity contribution >= 4 is 29.5 Å². The van der Waals surface area contributed by atoms with Gasteiger partial charge in [0.1, 0.15) is 17.3 Å². The molecule has 1 aromatic rings. The molecule has 2 aliphatic heterocycles. The van der Waals surface area contributed by atoms with Crippen LogP contribution in [0.15, 0.2) is 17.8 Å². The molecular weight excluding hydrogens is 354 g/mol. The molecule has 1 aromatic carbocycles. The lowest BCUT2D eigenvalue weighted by molar-refractivity contribution is -0.134. The Kier molecular flexibility index (Phi) is 4.98. The lowest BCUT2D eigenvalue weighted by Gasteiger charge is -2.37. The number of carbonyl (C=O) groups is 4. The van der Waals surface area contributed by atoms with Crippen molar-refractivity contribution in [3.8, 4) is 11.5 Å². The topological polar surface area (TPSA) is 99.2 Å². The first-order chi connectivity index (χ1) is 12.7. The van der Waals surface area contributed by atoms with Crippen molar-refractivity contribution in [1.82, 2.24) is 4.90 Å². The van der Waals surface area contributed by atoms with Crippen molar-refractivity contribution in [3.63, 3.8) is 0 Å². The maximum Gasteiger partial charge on any atom is 0.308 e. The zero-order valence-corrected chi connectivity index (χ0v) is 15.3.